The highest BCUT2D eigenvalue weighted by Gasteiger charge is 2.29. The molecule has 2 heterocycles. The number of nitrogens with zero attached hydrogens (tertiary/aromatic N) is 3. The molecule has 9 heteroatoms. The minimum atomic E-state index is -3.20. The number of hydrogen-bond donors (Lipinski definition) is 1. The lowest BCUT2D eigenvalue weighted by Crippen LogP contribution is -2.40. The van der Waals surface area contributed by atoms with Gasteiger partial charge in [0.15, 0.2) is 5.82 Å². The molecule has 1 N–H and O–H groups in total. The van der Waals surface area contributed by atoms with Crippen LogP contribution in [0, 0.1) is 5.92 Å². The highest BCUT2D eigenvalue weighted by atomic mass is 35.5. The molecule has 0 spiro atoms. The molecule has 1 aromatic heterocycles. The molecule has 0 radical (unpaired) electrons. The van der Waals surface area contributed by atoms with Gasteiger partial charge in [0, 0.05) is 25.2 Å². The maximum atomic E-state index is 12.5. The van der Waals surface area contributed by atoms with E-state index in [1.165, 1.54) is 10.6 Å². The van der Waals surface area contributed by atoms with Crippen LogP contribution in [0.5, 0.6) is 0 Å². The summed E-state index contributed by atoms with van der Waals surface area (Å²) in [4.78, 5) is 12.5. The van der Waals surface area contributed by atoms with Crippen LogP contribution >= 0.6 is 11.6 Å². The van der Waals surface area contributed by atoms with Gasteiger partial charge in [-0.1, -0.05) is 41.9 Å². The van der Waals surface area contributed by atoms with Gasteiger partial charge in [-0.05, 0) is 18.4 Å². The fourth-order valence-corrected chi connectivity index (χ4v) is 4.07. The summed E-state index contributed by atoms with van der Waals surface area (Å²) in [5, 5.41) is 7.49. The number of aromatic nitrogens is 2. The second kappa shape index (κ2) is 7.77. The lowest BCUT2D eigenvalue weighted by atomic mass is 9.97. The van der Waals surface area contributed by atoms with Gasteiger partial charge in [-0.25, -0.2) is 12.7 Å². The zero-order chi connectivity index (χ0) is 18.7. The summed E-state index contributed by atoms with van der Waals surface area (Å²) in [5.74, 6) is -0.0912. The highest BCUT2D eigenvalue weighted by Crippen LogP contribution is 2.24. The number of piperidine rings is 1. The van der Waals surface area contributed by atoms with E-state index in [2.05, 4.69) is 10.4 Å². The average molecular weight is 397 g/mol. The number of sulfonamides is 1. The van der Waals surface area contributed by atoms with Crippen LogP contribution in [0.1, 0.15) is 18.4 Å². The van der Waals surface area contributed by atoms with Gasteiger partial charge in [0.2, 0.25) is 15.9 Å². The van der Waals surface area contributed by atoms with E-state index in [0.717, 1.165) is 5.56 Å². The number of benzene rings is 1. The van der Waals surface area contributed by atoms with Crippen LogP contribution in [-0.2, 0) is 21.4 Å². The van der Waals surface area contributed by atoms with Gasteiger partial charge >= 0.3 is 0 Å². The number of hydrogen-bond acceptors (Lipinski definition) is 4. The normalized spacial score (nSPS) is 16.5. The largest absolute Gasteiger partial charge is 0.308 e. The molecule has 3 rings (SSSR count). The van der Waals surface area contributed by atoms with E-state index >= 15 is 0 Å². The SMILES string of the molecule is CS(=O)(=O)N1CCC(C(=O)Nc2nn(Cc3ccccc3)cc2Cl)CC1. The first-order chi connectivity index (χ1) is 12.3. The molecule has 0 atom stereocenters. The van der Waals surface area contributed by atoms with Crippen molar-refractivity contribution in [2.75, 3.05) is 24.7 Å². The number of carbonyl (C=O) groups is 1. The fraction of sp³-hybridized carbons (Fsp3) is 0.412. The maximum absolute atomic E-state index is 12.5. The molecule has 1 amide bonds. The number of anilines is 1. The van der Waals surface area contributed by atoms with Crippen molar-refractivity contribution in [2.45, 2.75) is 19.4 Å². The van der Waals surface area contributed by atoms with Crippen molar-refractivity contribution in [3.8, 4) is 0 Å². The van der Waals surface area contributed by atoms with Gasteiger partial charge in [0.25, 0.3) is 0 Å². The minimum Gasteiger partial charge on any atom is -0.308 e. The zero-order valence-electron chi connectivity index (χ0n) is 14.4. The van der Waals surface area contributed by atoms with Crippen LogP contribution in [0.2, 0.25) is 5.02 Å². The first-order valence-electron chi connectivity index (χ1n) is 8.36. The first-order valence-corrected chi connectivity index (χ1v) is 10.6. The molecule has 1 aromatic carbocycles. The smallest absolute Gasteiger partial charge is 0.228 e. The Morgan fingerprint density at radius 3 is 2.54 bits per heavy atom. The molecule has 0 aliphatic carbocycles. The van der Waals surface area contributed by atoms with Crippen molar-refractivity contribution in [2.24, 2.45) is 5.92 Å². The second-order valence-electron chi connectivity index (χ2n) is 6.43. The predicted molar refractivity (Wildman–Crippen MR) is 101 cm³/mol. The Kier molecular flexibility index (Phi) is 5.64. The van der Waals surface area contributed by atoms with Crippen molar-refractivity contribution in [1.82, 2.24) is 14.1 Å². The maximum Gasteiger partial charge on any atom is 0.228 e. The van der Waals surface area contributed by atoms with E-state index in [4.69, 9.17) is 11.6 Å². The number of amides is 1. The Morgan fingerprint density at radius 2 is 1.92 bits per heavy atom. The van der Waals surface area contributed by atoms with Crippen molar-refractivity contribution in [3.63, 3.8) is 0 Å². The molecule has 0 bridgehead atoms. The van der Waals surface area contributed by atoms with E-state index in [1.54, 1.807) is 10.9 Å². The standard InChI is InChI=1S/C17H21ClN4O3S/c1-26(24,25)22-9-7-14(8-10-22)17(23)19-16-15(18)12-21(20-16)11-13-5-3-2-4-6-13/h2-6,12,14H,7-11H2,1H3,(H,19,20,23). The van der Waals surface area contributed by atoms with Crippen LogP contribution in [0.3, 0.4) is 0 Å². The summed E-state index contributed by atoms with van der Waals surface area (Å²) in [6.07, 6.45) is 3.84. The van der Waals surface area contributed by atoms with Crippen LogP contribution < -0.4 is 5.32 Å². The second-order valence-corrected chi connectivity index (χ2v) is 8.82. The molecule has 140 valence electrons. The molecule has 7 nitrogen and oxygen atoms in total. The third-order valence-electron chi connectivity index (χ3n) is 4.44. The third kappa shape index (κ3) is 4.63. The van der Waals surface area contributed by atoms with Crippen LogP contribution in [-0.4, -0.2) is 47.8 Å². The van der Waals surface area contributed by atoms with Crippen LogP contribution in [0.4, 0.5) is 5.82 Å². The third-order valence-corrected chi connectivity index (χ3v) is 6.02. The van der Waals surface area contributed by atoms with Crippen molar-refractivity contribution >= 4 is 33.3 Å². The van der Waals surface area contributed by atoms with Gasteiger partial charge < -0.3 is 5.32 Å². The Hall–Kier alpha value is -1.90. The van der Waals surface area contributed by atoms with Crippen molar-refractivity contribution < 1.29 is 13.2 Å². The molecule has 1 saturated heterocycles. The van der Waals surface area contributed by atoms with Gasteiger partial charge in [-0.15, -0.1) is 0 Å². The number of nitrogens with one attached hydrogen (secondary N) is 1. The number of halogens is 1. The van der Waals surface area contributed by atoms with E-state index in [0.29, 0.717) is 43.3 Å². The van der Waals surface area contributed by atoms with Gasteiger partial charge in [-0.3, -0.25) is 9.48 Å². The summed E-state index contributed by atoms with van der Waals surface area (Å²) < 4.78 is 26.2. The Labute approximate surface area is 158 Å². The van der Waals surface area contributed by atoms with Crippen molar-refractivity contribution in [3.05, 3.63) is 47.1 Å². The minimum absolute atomic E-state index is 0.176. The zero-order valence-corrected chi connectivity index (χ0v) is 16.0. The number of carbonyl (C=O) groups excluding carboxylic acids is 1. The lowest BCUT2D eigenvalue weighted by Gasteiger charge is -2.29. The molecule has 0 saturated carbocycles. The van der Waals surface area contributed by atoms with E-state index < -0.39 is 10.0 Å². The van der Waals surface area contributed by atoms with Crippen LogP contribution in [0.25, 0.3) is 0 Å². The summed E-state index contributed by atoms with van der Waals surface area (Å²) >= 11 is 6.19. The summed E-state index contributed by atoms with van der Waals surface area (Å²) in [6, 6.07) is 9.82. The number of rotatable bonds is 5. The van der Waals surface area contributed by atoms with E-state index in [1.807, 2.05) is 30.3 Å². The molecular formula is C17H21ClN4O3S. The van der Waals surface area contributed by atoms with Crippen LogP contribution in [0.15, 0.2) is 36.5 Å². The van der Waals surface area contributed by atoms with Gasteiger partial charge in [-0.2, -0.15) is 5.10 Å². The average Bonchev–Trinajstić information content (AvgIpc) is 2.94. The van der Waals surface area contributed by atoms with Gasteiger partial charge in [0.05, 0.1) is 12.8 Å². The fourth-order valence-electron chi connectivity index (χ4n) is 3.00. The molecule has 1 aliphatic rings. The highest BCUT2D eigenvalue weighted by molar-refractivity contribution is 7.88. The quantitative estimate of drug-likeness (QED) is 0.839. The summed E-state index contributed by atoms with van der Waals surface area (Å²) in [6.45, 7) is 1.27. The molecule has 1 aliphatic heterocycles. The van der Waals surface area contributed by atoms with E-state index in [-0.39, 0.29) is 11.8 Å². The topological polar surface area (TPSA) is 84.3 Å². The molecular weight excluding hydrogens is 376 g/mol. The molecule has 26 heavy (non-hydrogen) atoms. The Bertz CT molecular complexity index is 875. The van der Waals surface area contributed by atoms with Gasteiger partial charge in [0.1, 0.15) is 5.02 Å². The van der Waals surface area contributed by atoms with Crippen molar-refractivity contribution in [1.29, 1.82) is 0 Å². The Balaban J connectivity index is 1.60. The predicted octanol–water partition coefficient (Wildman–Crippen LogP) is 2.19. The summed E-state index contributed by atoms with van der Waals surface area (Å²) in [7, 11) is -3.20. The monoisotopic (exact) mass is 396 g/mol. The molecule has 2 aromatic rings. The molecule has 1 fully saturated rings. The Morgan fingerprint density at radius 1 is 1.27 bits per heavy atom. The summed E-state index contributed by atoms with van der Waals surface area (Å²) in [5.41, 5.74) is 1.08. The first kappa shape index (κ1) is 18.9. The molecule has 0 unspecified atom stereocenters. The lowest BCUT2D eigenvalue weighted by molar-refractivity contribution is -0.120. The van der Waals surface area contributed by atoms with E-state index in [9.17, 15) is 13.2 Å².